The molecule has 0 bridgehead atoms. The fraction of sp³-hybridized carbons (Fsp3) is 0.133. The van der Waals surface area contributed by atoms with Gasteiger partial charge in [0.1, 0.15) is 5.82 Å². The van der Waals surface area contributed by atoms with Gasteiger partial charge in [0, 0.05) is 6.54 Å². The van der Waals surface area contributed by atoms with E-state index in [0.29, 0.717) is 0 Å². The van der Waals surface area contributed by atoms with Gasteiger partial charge in [0.05, 0.1) is 11.3 Å². The summed E-state index contributed by atoms with van der Waals surface area (Å²) in [5.74, 6) is -2.00. The summed E-state index contributed by atoms with van der Waals surface area (Å²) in [6, 6.07) is 9.98. The number of phenolic OH excluding ortho intramolecular Hbond substituents is 2. The lowest BCUT2D eigenvalue weighted by molar-refractivity contribution is 0.0984. The van der Waals surface area contributed by atoms with Crippen LogP contribution in [0.4, 0.5) is 10.1 Å². The molecule has 20 heavy (non-hydrogen) atoms. The number of carbonyl (C=O) groups excluding carboxylic acids is 1. The highest BCUT2D eigenvalue weighted by Crippen LogP contribution is 2.30. The van der Waals surface area contributed by atoms with Crippen molar-refractivity contribution in [1.29, 1.82) is 0 Å². The number of nitrogens with zero attached hydrogens (tertiary/aromatic N) is 1. The minimum atomic E-state index is -0.578. The monoisotopic (exact) mass is 275 g/mol. The SMILES string of the molecule is CCN(C(=O)c1cccc(O)c1O)c1ccccc1F. The summed E-state index contributed by atoms with van der Waals surface area (Å²) < 4.78 is 13.8. The van der Waals surface area contributed by atoms with Crippen LogP contribution in [-0.4, -0.2) is 22.7 Å². The number of benzene rings is 2. The number of hydrogen-bond donors (Lipinski definition) is 2. The Labute approximate surface area is 115 Å². The van der Waals surface area contributed by atoms with Crippen LogP contribution >= 0.6 is 0 Å². The molecule has 0 aliphatic carbocycles. The Morgan fingerprint density at radius 1 is 1.15 bits per heavy atom. The van der Waals surface area contributed by atoms with Gasteiger partial charge in [-0.15, -0.1) is 0 Å². The van der Waals surface area contributed by atoms with E-state index in [1.165, 1.54) is 41.3 Å². The maximum Gasteiger partial charge on any atom is 0.262 e. The summed E-state index contributed by atoms with van der Waals surface area (Å²) in [7, 11) is 0. The van der Waals surface area contributed by atoms with Crippen molar-refractivity contribution >= 4 is 11.6 Å². The van der Waals surface area contributed by atoms with E-state index in [1.54, 1.807) is 13.0 Å². The number of carbonyl (C=O) groups is 1. The van der Waals surface area contributed by atoms with Crippen LogP contribution in [0.15, 0.2) is 42.5 Å². The molecule has 2 aromatic carbocycles. The highest BCUT2D eigenvalue weighted by molar-refractivity contribution is 6.08. The molecule has 0 heterocycles. The van der Waals surface area contributed by atoms with Crippen LogP contribution in [0, 0.1) is 5.82 Å². The van der Waals surface area contributed by atoms with Gasteiger partial charge < -0.3 is 15.1 Å². The van der Waals surface area contributed by atoms with Crippen LogP contribution < -0.4 is 4.90 Å². The largest absolute Gasteiger partial charge is 0.504 e. The third kappa shape index (κ3) is 2.42. The van der Waals surface area contributed by atoms with E-state index in [2.05, 4.69) is 0 Å². The number of phenols is 2. The first-order valence-corrected chi connectivity index (χ1v) is 6.13. The molecule has 104 valence electrons. The molecule has 0 aliphatic heterocycles. The molecule has 0 atom stereocenters. The molecule has 0 spiro atoms. The number of para-hydroxylation sites is 2. The Hall–Kier alpha value is -2.56. The number of halogens is 1. The Morgan fingerprint density at radius 2 is 1.85 bits per heavy atom. The van der Waals surface area contributed by atoms with Gasteiger partial charge in [-0.3, -0.25) is 4.79 Å². The molecule has 2 N–H and O–H groups in total. The number of aromatic hydroxyl groups is 2. The Balaban J connectivity index is 2.45. The van der Waals surface area contributed by atoms with Crippen molar-refractivity contribution in [2.24, 2.45) is 0 Å². The highest BCUT2D eigenvalue weighted by atomic mass is 19.1. The highest BCUT2D eigenvalue weighted by Gasteiger charge is 2.22. The first-order chi connectivity index (χ1) is 9.56. The maximum absolute atomic E-state index is 13.8. The lowest BCUT2D eigenvalue weighted by Crippen LogP contribution is -2.31. The van der Waals surface area contributed by atoms with E-state index in [4.69, 9.17) is 0 Å². The van der Waals surface area contributed by atoms with Gasteiger partial charge in [-0.2, -0.15) is 0 Å². The van der Waals surface area contributed by atoms with Gasteiger partial charge in [-0.05, 0) is 31.2 Å². The summed E-state index contributed by atoms with van der Waals surface area (Å²) in [4.78, 5) is 13.6. The summed E-state index contributed by atoms with van der Waals surface area (Å²) in [6.45, 7) is 1.93. The van der Waals surface area contributed by atoms with Gasteiger partial charge in [0.25, 0.3) is 5.91 Å². The second kappa shape index (κ2) is 5.61. The molecule has 0 aromatic heterocycles. The predicted molar refractivity (Wildman–Crippen MR) is 73.5 cm³/mol. The van der Waals surface area contributed by atoms with Crippen LogP contribution in [0.5, 0.6) is 11.5 Å². The summed E-state index contributed by atoms with van der Waals surface area (Å²) in [5, 5.41) is 19.2. The zero-order valence-corrected chi connectivity index (χ0v) is 10.9. The maximum atomic E-state index is 13.8. The smallest absolute Gasteiger partial charge is 0.262 e. The molecule has 4 nitrogen and oxygen atoms in total. The van der Waals surface area contributed by atoms with Gasteiger partial charge in [-0.25, -0.2) is 4.39 Å². The zero-order valence-electron chi connectivity index (χ0n) is 10.9. The Bertz CT molecular complexity index is 643. The van der Waals surface area contributed by atoms with E-state index in [1.807, 2.05) is 0 Å². The molecule has 2 aromatic rings. The second-order valence-corrected chi connectivity index (χ2v) is 4.17. The van der Waals surface area contributed by atoms with E-state index in [0.717, 1.165) is 0 Å². The van der Waals surface area contributed by atoms with Gasteiger partial charge in [-0.1, -0.05) is 18.2 Å². The van der Waals surface area contributed by atoms with E-state index in [-0.39, 0.29) is 23.5 Å². The lowest BCUT2D eigenvalue weighted by Gasteiger charge is -2.22. The van der Waals surface area contributed by atoms with Crippen LogP contribution in [0.1, 0.15) is 17.3 Å². The van der Waals surface area contributed by atoms with Gasteiger partial charge in [0.2, 0.25) is 0 Å². The van der Waals surface area contributed by atoms with Crippen molar-refractivity contribution in [3.63, 3.8) is 0 Å². The predicted octanol–water partition coefficient (Wildman–Crippen LogP) is 2.90. The first-order valence-electron chi connectivity index (χ1n) is 6.13. The molecular weight excluding hydrogens is 261 g/mol. The second-order valence-electron chi connectivity index (χ2n) is 4.17. The third-order valence-electron chi connectivity index (χ3n) is 2.95. The van der Waals surface area contributed by atoms with Gasteiger partial charge in [0.15, 0.2) is 11.5 Å². The number of anilines is 1. The molecule has 0 unspecified atom stereocenters. The van der Waals surface area contributed by atoms with Crippen LogP contribution in [0.3, 0.4) is 0 Å². The van der Waals surface area contributed by atoms with Gasteiger partial charge >= 0.3 is 0 Å². The molecule has 0 saturated carbocycles. The Morgan fingerprint density at radius 3 is 2.50 bits per heavy atom. The minimum Gasteiger partial charge on any atom is -0.504 e. The molecular formula is C15H14FNO3. The van der Waals surface area contributed by atoms with E-state index in [9.17, 15) is 19.4 Å². The first kappa shape index (κ1) is 13.9. The van der Waals surface area contributed by atoms with Crippen molar-refractivity contribution in [2.75, 3.05) is 11.4 Å². The average molecular weight is 275 g/mol. The molecule has 0 aliphatic rings. The fourth-order valence-corrected chi connectivity index (χ4v) is 1.94. The van der Waals surface area contributed by atoms with E-state index >= 15 is 0 Å². The van der Waals surface area contributed by atoms with Crippen LogP contribution in [-0.2, 0) is 0 Å². The number of rotatable bonds is 3. The third-order valence-corrected chi connectivity index (χ3v) is 2.95. The van der Waals surface area contributed by atoms with Crippen molar-refractivity contribution in [3.8, 4) is 11.5 Å². The fourth-order valence-electron chi connectivity index (χ4n) is 1.94. The minimum absolute atomic E-state index is 0.0740. The molecule has 1 amide bonds. The number of amides is 1. The summed E-state index contributed by atoms with van der Waals surface area (Å²) in [5.41, 5.74) is 0.0536. The summed E-state index contributed by atoms with van der Waals surface area (Å²) >= 11 is 0. The lowest BCUT2D eigenvalue weighted by atomic mass is 10.1. The molecule has 0 fully saturated rings. The van der Waals surface area contributed by atoms with Crippen LogP contribution in [0.2, 0.25) is 0 Å². The molecule has 0 saturated heterocycles. The molecule has 2 rings (SSSR count). The standard InChI is InChI=1S/C15H14FNO3/c1-2-17(12-8-4-3-7-11(12)16)15(20)10-6-5-9-13(18)14(10)19/h3-9,18-19H,2H2,1H3. The van der Waals surface area contributed by atoms with Crippen molar-refractivity contribution in [2.45, 2.75) is 6.92 Å². The average Bonchev–Trinajstić information content (AvgIpc) is 2.44. The summed E-state index contributed by atoms with van der Waals surface area (Å²) in [6.07, 6.45) is 0. The van der Waals surface area contributed by atoms with Crippen molar-refractivity contribution in [3.05, 3.63) is 53.8 Å². The van der Waals surface area contributed by atoms with Crippen molar-refractivity contribution in [1.82, 2.24) is 0 Å². The normalized spacial score (nSPS) is 10.3. The molecule has 0 radical (unpaired) electrons. The van der Waals surface area contributed by atoms with Crippen molar-refractivity contribution < 1.29 is 19.4 Å². The quantitative estimate of drug-likeness (QED) is 0.847. The van der Waals surface area contributed by atoms with Crippen LogP contribution in [0.25, 0.3) is 0 Å². The zero-order chi connectivity index (χ0) is 14.7. The topological polar surface area (TPSA) is 60.8 Å². The molecule has 5 heteroatoms. The Kier molecular flexibility index (Phi) is 3.89. The number of hydrogen-bond acceptors (Lipinski definition) is 3. The van der Waals surface area contributed by atoms with E-state index < -0.39 is 17.5 Å².